The van der Waals surface area contributed by atoms with Crippen molar-refractivity contribution in [3.05, 3.63) is 77.4 Å². The molecular weight excluding hydrogens is 446 g/mol. The molecule has 1 amide bonds. The van der Waals surface area contributed by atoms with E-state index in [2.05, 4.69) is 41.6 Å². The van der Waals surface area contributed by atoms with Crippen LogP contribution in [0, 0.1) is 13.8 Å². The Hall–Kier alpha value is -3.71. The van der Waals surface area contributed by atoms with Crippen LogP contribution in [0.2, 0.25) is 0 Å². The molecule has 0 radical (unpaired) electrons. The number of carbonyl (C=O) groups excluding carboxylic acids is 1. The van der Waals surface area contributed by atoms with Crippen molar-refractivity contribution in [2.75, 3.05) is 11.9 Å². The van der Waals surface area contributed by atoms with Crippen molar-refractivity contribution >= 4 is 40.0 Å². The Balaban J connectivity index is 1.38. The van der Waals surface area contributed by atoms with Crippen LogP contribution < -0.4 is 15.4 Å². The predicted octanol–water partition coefficient (Wildman–Crippen LogP) is 6.13. The van der Waals surface area contributed by atoms with E-state index < -0.39 is 0 Å². The van der Waals surface area contributed by atoms with Gasteiger partial charge < -0.3 is 14.5 Å². The molecule has 4 aromatic rings. The second kappa shape index (κ2) is 10.1. The quantitative estimate of drug-likeness (QED) is 0.328. The van der Waals surface area contributed by atoms with Crippen molar-refractivity contribution in [3.8, 4) is 17.2 Å². The maximum Gasteiger partial charge on any atom is 0.264 e. The molecular formula is C27H27N3O3S. The molecule has 7 heteroatoms. The van der Waals surface area contributed by atoms with Gasteiger partial charge in [-0.05, 0) is 79.5 Å². The second-order valence-corrected chi connectivity index (χ2v) is 8.95. The third kappa shape index (κ3) is 5.61. The van der Waals surface area contributed by atoms with Gasteiger partial charge in [-0.1, -0.05) is 43.7 Å². The monoisotopic (exact) mass is 473 g/mol. The number of nitrogens with zero attached hydrogens (tertiary/aromatic N) is 1. The number of thiocarbonyl (C=S) groups is 1. The van der Waals surface area contributed by atoms with Crippen LogP contribution in [-0.4, -0.2) is 22.6 Å². The first-order chi connectivity index (χ1) is 16.3. The number of carbonyl (C=O) groups is 1. The van der Waals surface area contributed by atoms with Crippen LogP contribution in [0.15, 0.2) is 65.1 Å². The van der Waals surface area contributed by atoms with Gasteiger partial charge in [0, 0.05) is 11.3 Å². The highest BCUT2D eigenvalue weighted by molar-refractivity contribution is 7.80. The normalized spacial score (nSPS) is 11.0. The summed E-state index contributed by atoms with van der Waals surface area (Å²) in [4.78, 5) is 16.9. The van der Waals surface area contributed by atoms with E-state index in [0.29, 0.717) is 23.2 Å². The first kappa shape index (κ1) is 23.4. The molecule has 0 unspecified atom stereocenters. The van der Waals surface area contributed by atoms with Crippen LogP contribution in [0.4, 0.5) is 5.69 Å². The summed E-state index contributed by atoms with van der Waals surface area (Å²) in [5.41, 5.74) is 6.41. The number of fused-ring (bicyclic) bond motifs is 1. The molecule has 3 aromatic carbocycles. The van der Waals surface area contributed by atoms with Gasteiger partial charge in [0.15, 0.2) is 17.3 Å². The van der Waals surface area contributed by atoms with E-state index in [4.69, 9.17) is 21.4 Å². The molecule has 0 atom stereocenters. The van der Waals surface area contributed by atoms with Crippen LogP contribution in [0.25, 0.3) is 22.6 Å². The summed E-state index contributed by atoms with van der Waals surface area (Å²) in [6.45, 7) is 8.12. The van der Waals surface area contributed by atoms with E-state index in [1.807, 2.05) is 62.4 Å². The molecule has 174 valence electrons. The topological polar surface area (TPSA) is 76.4 Å². The number of ether oxygens (including phenoxy) is 1. The summed E-state index contributed by atoms with van der Waals surface area (Å²) < 4.78 is 11.6. The maximum atomic E-state index is 12.3. The van der Waals surface area contributed by atoms with Gasteiger partial charge in [0.05, 0.1) is 0 Å². The van der Waals surface area contributed by atoms with Crippen LogP contribution >= 0.6 is 12.2 Å². The highest BCUT2D eigenvalue weighted by Gasteiger charge is 2.12. The van der Waals surface area contributed by atoms with Crippen LogP contribution in [0.3, 0.4) is 0 Å². The van der Waals surface area contributed by atoms with E-state index in [-0.39, 0.29) is 17.6 Å². The third-order valence-corrected chi connectivity index (χ3v) is 5.59. The van der Waals surface area contributed by atoms with E-state index in [1.165, 1.54) is 5.56 Å². The van der Waals surface area contributed by atoms with Gasteiger partial charge in [0.25, 0.3) is 5.91 Å². The predicted molar refractivity (Wildman–Crippen MR) is 139 cm³/mol. The van der Waals surface area contributed by atoms with Gasteiger partial charge in [0.2, 0.25) is 5.89 Å². The SMILES string of the molecule is Cc1ccc(OCC(=O)NC(=S)Nc2cccc(-c3nc4cc(C(C)C)ccc4o3)c2)c(C)c1. The zero-order valence-corrected chi connectivity index (χ0v) is 20.5. The summed E-state index contributed by atoms with van der Waals surface area (Å²) in [6.07, 6.45) is 0. The molecule has 0 spiro atoms. The molecule has 2 N–H and O–H groups in total. The summed E-state index contributed by atoms with van der Waals surface area (Å²) in [7, 11) is 0. The fourth-order valence-corrected chi connectivity index (χ4v) is 3.82. The molecule has 0 aliphatic rings. The van der Waals surface area contributed by atoms with Crippen molar-refractivity contribution in [1.82, 2.24) is 10.3 Å². The summed E-state index contributed by atoms with van der Waals surface area (Å²) in [6, 6.07) is 19.4. The van der Waals surface area contributed by atoms with Gasteiger partial charge >= 0.3 is 0 Å². The van der Waals surface area contributed by atoms with Gasteiger partial charge in [0.1, 0.15) is 11.3 Å². The molecule has 0 saturated carbocycles. The minimum Gasteiger partial charge on any atom is -0.483 e. The molecule has 1 heterocycles. The number of nitrogens with one attached hydrogen (secondary N) is 2. The van der Waals surface area contributed by atoms with E-state index in [9.17, 15) is 4.79 Å². The van der Waals surface area contributed by atoms with Gasteiger partial charge in [-0.3, -0.25) is 10.1 Å². The number of hydrogen-bond donors (Lipinski definition) is 2. The van der Waals surface area contributed by atoms with E-state index in [0.717, 1.165) is 27.8 Å². The second-order valence-electron chi connectivity index (χ2n) is 8.54. The van der Waals surface area contributed by atoms with Crippen molar-refractivity contribution in [2.45, 2.75) is 33.6 Å². The average molecular weight is 474 g/mol. The minimum absolute atomic E-state index is 0.132. The lowest BCUT2D eigenvalue weighted by Crippen LogP contribution is -2.37. The number of aromatic nitrogens is 1. The molecule has 0 fully saturated rings. The van der Waals surface area contributed by atoms with Crippen molar-refractivity contribution in [1.29, 1.82) is 0 Å². The summed E-state index contributed by atoms with van der Waals surface area (Å²) in [5, 5.41) is 5.86. The van der Waals surface area contributed by atoms with E-state index in [1.54, 1.807) is 0 Å². The zero-order chi connectivity index (χ0) is 24.2. The van der Waals surface area contributed by atoms with Crippen LogP contribution in [0.5, 0.6) is 5.75 Å². The number of benzene rings is 3. The highest BCUT2D eigenvalue weighted by Crippen LogP contribution is 2.28. The molecule has 4 rings (SSSR count). The molecule has 34 heavy (non-hydrogen) atoms. The number of anilines is 1. The fourth-order valence-electron chi connectivity index (χ4n) is 3.59. The van der Waals surface area contributed by atoms with Crippen LogP contribution in [-0.2, 0) is 4.79 Å². The molecule has 0 saturated heterocycles. The highest BCUT2D eigenvalue weighted by atomic mass is 32.1. The lowest BCUT2D eigenvalue weighted by molar-refractivity contribution is -0.121. The number of amides is 1. The van der Waals surface area contributed by atoms with Gasteiger partial charge in [-0.25, -0.2) is 4.98 Å². The third-order valence-electron chi connectivity index (χ3n) is 5.39. The zero-order valence-electron chi connectivity index (χ0n) is 19.6. The van der Waals surface area contributed by atoms with Crippen molar-refractivity contribution in [3.63, 3.8) is 0 Å². The number of rotatable bonds is 6. The lowest BCUT2D eigenvalue weighted by Gasteiger charge is -2.12. The first-order valence-corrected chi connectivity index (χ1v) is 11.5. The minimum atomic E-state index is -0.339. The Morgan fingerprint density at radius 2 is 1.91 bits per heavy atom. The standard InChI is InChI=1S/C27H27N3O3S/c1-16(2)19-9-11-24-22(14-19)29-26(33-24)20-6-5-7-21(13-20)28-27(34)30-25(31)15-32-23-10-8-17(3)12-18(23)4/h5-14,16H,15H2,1-4H3,(H2,28,30,31,34). The maximum absolute atomic E-state index is 12.3. The molecule has 1 aromatic heterocycles. The first-order valence-electron chi connectivity index (χ1n) is 11.1. The smallest absolute Gasteiger partial charge is 0.264 e. The largest absolute Gasteiger partial charge is 0.483 e. The number of hydrogen-bond acceptors (Lipinski definition) is 5. The van der Waals surface area contributed by atoms with Crippen molar-refractivity contribution < 1.29 is 13.9 Å². The Bertz CT molecular complexity index is 1360. The van der Waals surface area contributed by atoms with Crippen molar-refractivity contribution in [2.24, 2.45) is 0 Å². The summed E-state index contributed by atoms with van der Waals surface area (Å²) >= 11 is 5.30. The lowest BCUT2D eigenvalue weighted by atomic mass is 10.0. The Labute approximate surface area is 204 Å². The number of oxazole rings is 1. The fraction of sp³-hybridized carbons (Fsp3) is 0.222. The van der Waals surface area contributed by atoms with Crippen LogP contribution in [0.1, 0.15) is 36.5 Å². The number of aryl methyl sites for hydroxylation is 2. The summed E-state index contributed by atoms with van der Waals surface area (Å²) in [5.74, 6) is 1.27. The van der Waals surface area contributed by atoms with Gasteiger partial charge in [-0.15, -0.1) is 0 Å². The van der Waals surface area contributed by atoms with E-state index >= 15 is 0 Å². The Morgan fingerprint density at radius 3 is 2.68 bits per heavy atom. The van der Waals surface area contributed by atoms with Gasteiger partial charge in [-0.2, -0.15) is 0 Å². The Kier molecular flexibility index (Phi) is 6.93. The molecule has 0 aliphatic heterocycles. The average Bonchev–Trinajstić information content (AvgIpc) is 3.22. The Morgan fingerprint density at radius 1 is 1.09 bits per heavy atom. The molecule has 6 nitrogen and oxygen atoms in total. The molecule has 0 bridgehead atoms. The molecule has 0 aliphatic carbocycles.